The van der Waals surface area contributed by atoms with Gasteiger partial charge in [-0.2, -0.15) is 4.98 Å². The maximum atomic E-state index is 11.8. The number of H-pyrrole nitrogens is 1. The van der Waals surface area contributed by atoms with Crippen molar-refractivity contribution in [3.63, 3.8) is 0 Å². The van der Waals surface area contributed by atoms with Gasteiger partial charge in [-0.25, -0.2) is 4.98 Å². The van der Waals surface area contributed by atoms with Gasteiger partial charge >= 0.3 is 0 Å². The summed E-state index contributed by atoms with van der Waals surface area (Å²) in [6.45, 7) is 2.07. The van der Waals surface area contributed by atoms with E-state index >= 15 is 0 Å². The van der Waals surface area contributed by atoms with E-state index in [1.54, 1.807) is 0 Å². The number of anilines is 1. The Morgan fingerprint density at radius 2 is 2.17 bits per heavy atom. The molecule has 0 aliphatic heterocycles. The van der Waals surface area contributed by atoms with Crippen LogP contribution in [0.15, 0.2) is 29.1 Å². The summed E-state index contributed by atoms with van der Waals surface area (Å²) in [6.07, 6.45) is 0.883. The summed E-state index contributed by atoms with van der Waals surface area (Å²) in [6, 6.07) is 7.74. The number of pyridine rings is 1. The van der Waals surface area contributed by atoms with Gasteiger partial charge in [-0.15, -0.1) is 0 Å². The van der Waals surface area contributed by atoms with Crippen LogP contribution >= 0.6 is 0 Å². The van der Waals surface area contributed by atoms with Gasteiger partial charge in [-0.1, -0.05) is 25.1 Å². The highest BCUT2D eigenvalue weighted by Crippen LogP contribution is 2.20. The van der Waals surface area contributed by atoms with Crippen LogP contribution in [-0.2, 0) is 6.42 Å². The summed E-state index contributed by atoms with van der Waals surface area (Å²) in [5.74, 6) is 0.0910. The molecule has 0 bridgehead atoms. The SMILES string of the molecule is CCc1cccc2cc3c(=O)[nH]c(N)nc3nc12. The van der Waals surface area contributed by atoms with E-state index in [4.69, 9.17) is 5.73 Å². The van der Waals surface area contributed by atoms with Crippen LogP contribution in [-0.4, -0.2) is 15.0 Å². The van der Waals surface area contributed by atoms with E-state index in [2.05, 4.69) is 21.9 Å². The Morgan fingerprint density at radius 3 is 2.94 bits per heavy atom. The lowest BCUT2D eigenvalue weighted by molar-refractivity contribution is 1.13. The molecule has 0 atom stereocenters. The van der Waals surface area contributed by atoms with Crippen molar-refractivity contribution in [2.24, 2.45) is 0 Å². The number of para-hydroxylation sites is 1. The summed E-state index contributed by atoms with van der Waals surface area (Å²) in [7, 11) is 0. The first-order valence-corrected chi connectivity index (χ1v) is 5.77. The lowest BCUT2D eigenvalue weighted by atomic mass is 10.1. The molecule has 0 saturated carbocycles. The van der Waals surface area contributed by atoms with E-state index in [-0.39, 0.29) is 11.5 Å². The van der Waals surface area contributed by atoms with Gasteiger partial charge in [0.1, 0.15) is 0 Å². The molecule has 0 radical (unpaired) electrons. The number of nitrogens with two attached hydrogens (primary N) is 1. The molecular formula is C13H12N4O. The zero-order valence-electron chi connectivity index (χ0n) is 9.90. The average molecular weight is 240 g/mol. The van der Waals surface area contributed by atoms with Crippen molar-refractivity contribution in [1.82, 2.24) is 15.0 Å². The van der Waals surface area contributed by atoms with Crippen LogP contribution < -0.4 is 11.3 Å². The van der Waals surface area contributed by atoms with E-state index in [0.29, 0.717) is 11.0 Å². The second-order valence-corrected chi connectivity index (χ2v) is 4.15. The second-order valence-electron chi connectivity index (χ2n) is 4.15. The molecule has 0 aliphatic rings. The Hall–Kier alpha value is -2.43. The molecular weight excluding hydrogens is 228 g/mol. The van der Waals surface area contributed by atoms with Crippen molar-refractivity contribution < 1.29 is 0 Å². The standard InChI is InChI=1S/C13H12N4O/c1-2-7-4-3-5-8-6-9-11(15-10(7)8)16-13(14)17-12(9)18/h3-6H,2H2,1H3,(H3,14,15,16,17,18). The summed E-state index contributed by atoms with van der Waals surface area (Å²) < 4.78 is 0. The molecule has 3 rings (SSSR count). The summed E-state index contributed by atoms with van der Waals surface area (Å²) in [5.41, 5.74) is 7.68. The fourth-order valence-electron chi connectivity index (χ4n) is 2.11. The molecule has 0 spiro atoms. The first-order chi connectivity index (χ1) is 8.69. The third kappa shape index (κ3) is 1.52. The third-order valence-electron chi connectivity index (χ3n) is 3.00. The molecule has 90 valence electrons. The van der Waals surface area contributed by atoms with E-state index in [0.717, 1.165) is 22.9 Å². The predicted octanol–water partition coefficient (Wildman–Crippen LogP) is 1.62. The number of nitrogens with one attached hydrogen (secondary N) is 1. The lowest BCUT2D eigenvalue weighted by Crippen LogP contribution is -2.12. The molecule has 3 N–H and O–H groups in total. The maximum absolute atomic E-state index is 11.8. The van der Waals surface area contributed by atoms with Crippen LogP contribution in [0.2, 0.25) is 0 Å². The molecule has 0 amide bonds. The van der Waals surface area contributed by atoms with Crippen molar-refractivity contribution in [3.8, 4) is 0 Å². The molecule has 5 heteroatoms. The van der Waals surface area contributed by atoms with Crippen LogP contribution in [0.1, 0.15) is 12.5 Å². The largest absolute Gasteiger partial charge is 0.369 e. The minimum absolute atomic E-state index is 0.0910. The maximum Gasteiger partial charge on any atom is 0.261 e. The zero-order chi connectivity index (χ0) is 12.7. The van der Waals surface area contributed by atoms with Crippen LogP contribution in [0, 0.1) is 0 Å². The van der Waals surface area contributed by atoms with Gasteiger partial charge in [0.25, 0.3) is 5.56 Å². The van der Waals surface area contributed by atoms with E-state index in [9.17, 15) is 4.79 Å². The van der Waals surface area contributed by atoms with Crippen molar-refractivity contribution in [1.29, 1.82) is 0 Å². The van der Waals surface area contributed by atoms with Crippen LogP contribution in [0.3, 0.4) is 0 Å². The number of aryl methyl sites for hydroxylation is 1. The zero-order valence-corrected chi connectivity index (χ0v) is 9.90. The molecule has 1 aromatic carbocycles. The molecule has 2 heterocycles. The monoisotopic (exact) mass is 240 g/mol. The lowest BCUT2D eigenvalue weighted by Gasteiger charge is -2.05. The van der Waals surface area contributed by atoms with Crippen LogP contribution in [0.25, 0.3) is 21.9 Å². The average Bonchev–Trinajstić information content (AvgIpc) is 2.36. The van der Waals surface area contributed by atoms with Crippen molar-refractivity contribution >= 4 is 27.9 Å². The minimum atomic E-state index is -0.256. The number of benzene rings is 1. The minimum Gasteiger partial charge on any atom is -0.369 e. The fraction of sp³-hybridized carbons (Fsp3) is 0.154. The van der Waals surface area contributed by atoms with Gasteiger partial charge in [-0.05, 0) is 18.1 Å². The molecule has 0 aliphatic carbocycles. The number of hydrogen-bond donors (Lipinski definition) is 2. The van der Waals surface area contributed by atoms with Crippen molar-refractivity contribution in [2.75, 3.05) is 5.73 Å². The smallest absolute Gasteiger partial charge is 0.261 e. The topological polar surface area (TPSA) is 84.7 Å². The number of nitrogen functional groups attached to an aromatic ring is 1. The highest BCUT2D eigenvalue weighted by atomic mass is 16.1. The molecule has 18 heavy (non-hydrogen) atoms. The van der Waals surface area contributed by atoms with E-state index in [1.165, 1.54) is 0 Å². The van der Waals surface area contributed by atoms with Crippen LogP contribution in [0.5, 0.6) is 0 Å². The second kappa shape index (κ2) is 3.80. The molecule has 5 nitrogen and oxygen atoms in total. The Balaban J connectivity index is 2.51. The predicted molar refractivity (Wildman–Crippen MR) is 71.5 cm³/mol. The summed E-state index contributed by atoms with van der Waals surface area (Å²) in [4.78, 5) is 22.8. The van der Waals surface area contributed by atoms with Gasteiger partial charge in [0.05, 0.1) is 10.9 Å². The Bertz CT molecular complexity index is 807. The highest BCUT2D eigenvalue weighted by molar-refractivity contribution is 5.92. The Labute approximate surface area is 103 Å². The van der Waals surface area contributed by atoms with Gasteiger partial charge < -0.3 is 5.73 Å². The highest BCUT2D eigenvalue weighted by Gasteiger charge is 2.07. The molecule has 3 aromatic rings. The summed E-state index contributed by atoms with van der Waals surface area (Å²) >= 11 is 0. The quantitative estimate of drug-likeness (QED) is 0.633. The summed E-state index contributed by atoms with van der Waals surface area (Å²) in [5, 5.41) is 1.41. The number of fused-ring (bicyclic) bond motifs is 2. The van der Waals surface area contributed by atoms with Gasteiger partial charge in [0.2, 0.25) is 5.95 Å². The number of aromatic amines is 1. The van der Waals surface area contributed by atoms with E-state index < -0.39 is 0 Å². The van der Waals surface area contributed by atoms with Crippen molar-refractivity contribution in [3.05, 3.63) is 40.2 Å². The Morgan fingerprint density at radius 1 is 1.33 bits per heavy atom. The molecule has 0 fully saturated rings. The first-order valence-electron chi connectivity index (χ1n) is 5.77. The van der Waals surface area contributed by atoms with Gasteiger partial charge in [0.15, 0.2) is 5.65 Å². The molecule has 2 aromatic heterocycles. The van der Waals surface area contributed by atoms with Crippen molar-refractivity contribution in [2.45, 2.75) is 13.3 Å². The third-order valence-corrected chi connectivity index (χ3v) is 3.00. The number of nitrogens with zero attached hydrogens (tertiary/aromatic N) is 2. The number of aromatic nitrogens is 3. The number of rotatable bonds is 1. The normalized spacial score (nSPS) is 11.2. The van der Waals surface area contributed by atoms with E-state index in [1.807, 2.05) is 24.3 Å². The van der Waals surface area contributed by atoms with Gasteiger partial charge in [-0.3, -0.25) is 9.78 Å². The molecule has 0 unspecified atom stereocenters. The fourth-order valence-corrected chi connectivity index (χ4v) is 2.11. The van der Waals surface area contributed by atoms with Crippen LogP contribution in [0.4, 0.5) is 5.95 Å². The molecule has 0 saturated heterocycles. The first kappa shape index (κ1) is 10.7. The van der Waals surface area contributed by atoms with Gasteiger partial charge in [0, 0.05) is 5.39 Å². The Kier molecular flexibility index (Phi) is 2.26. The number of hydrogen-bond acceptors (Lipinski definition) is 4.